The molecule has 1 atom stereocenters. The van der Waals surface area contributed by atoms with Gasteiger partial charge in [-0.2, -0.15) is 0 Å². The van der Waals surface area contributed by atoms with E-state index in [1.807, 2.05) is 61.5 Å². The van der Waals surface area contributed by atoms with Gasteiger partial charge in [0.15, 0.2) is 0 Å². The Morgan fingerprint density at radius 1 is 0.941 bits per heavy atom. The predicted octanol–water partition coefficient (Wildman–Crippen LogP) is 4.10. The number of carbonyl (C=O) groups excluding carboxylic acids is 3. The summed E-state index contributed by atoms with van der Waals surface area (Å²) in [6.07, 6.45) is 0.00841. The van der Waals surface area contributed by atoms with E-state index in [9.17, 15) is 14.4 Å². The summed E-state index contributed by atoms with van der Waals surface area (Å²) >= 11 is 0. The molecule has 1 aliphatic rings. The van der Waals surface area contributed by atoms with Crippen LogP contribution in [0.3, 0.4) is 0 Å². The Kier molecular flexibility index (Phi) is 5.51. The zero-order chi connectivity index (χ0) is 23.7. The molecule has 3 N–H and O–H groups in total. The highest BCUT2D eigenvalue weighted by molar-refractivity contribution is 6.08. The Labute approximate surface area is 196 Å². The number of anilines is 1. The highest BCUT2D eigenvalue weighted by Gasteiger charge is 2.30. The molecule has 7 heteroatoms. The van der Waals surface area contributed by atoms with E-state index in [2.05, 4.69) is 16.2 Å². The van der Waals surface area contributed by atoms with Crippen LogP contribution in [0.5, 0.6) is 0 Å². The number of nitrogens with one attached hydrogen (secondary N) is 3. The number of hydrogen-bond donors (Lipinski definition) is 3. The number of nitrogens with zero attached hydrogens (tertiary/aromatic N) is 1. The summed E-state index contributed by atoms with van der Waals surface area (Å²) in [5, 5.41) is 3.44. The smallest absolute Gasteiger partial charge is 0.270 e. The van der Waals surface area contributed by atoms with Crippen molar-refractivity contribution in [1.82, 2.24) is 15.8 Å². The molecule has 0 saturated carbocycles. The van der Waals surface area contributed by atoms with E-state index in [1.54, 1.807) is 24.3 Å². The van der Waals surface area contributed by atoms with Crippen LogP contribution in [-0.4, -0.2) is 22.7 Å². The van der Waals surface area contributed by atoms with Crippen LogP contribution in [0, 0.1) is 6.92 Å². The first-order chi connectivity index (χ1) is 16.5. The van der Waals surface area contributed by atoms with E-state index < -0.39 is 17.7 Å². The number of aromatic nitrogens is 1. The molecule has 0 fully saturated rings. The van der Waals surface area contributed by atoms with Crippen molar-refractivity contribution in [1.29, 1.82) is 0 Å². The Balaban J connectivity index is 1.41. The zero-order valence-electron chi connectivity index (χ0n) is 18.5. The van der Waals surface area contributed by atoms with Gasteiger partial charge in [-0.15, -0.1) is 0 Å². The highest BCUT2D eigenvalue weighted by Crippen LogP contribution is 2.32. The maximum atomic E-state index is 13.2. The molecule has 5 rings (SSSR count). The quantitative estimate of drug-likeness (QED) is 0.409. The average Bonchev–Trinajstić information content (AvgIpc) is 2.86. The monoisotopic (exact) mass is 450 g/mol. The maximum absolute atomic E-state index is 13.2. The van der Waals surface area contributed by atoms with Crippen LogP contribution in [-0.2, 0) is 9.59 Å². The number of fused-ring (bicyclic) bond motifs is 2. The first-order valence-corrected chi connectivity index (χ1v) is 11.0. The van der Waals surface area contributed by atoms with Gasteiger partial charge in [-0.1, -0.05) is 66.2 Å². The number of hydrogen-bond acceptors (Lipinski definition) is 4. The van der Waals surface area contributed by atoms with Gasteiger partial charge >= 0.3 is 0 Å². The summed E-state index contributed by atoms with van der Waals surface area (Å²) in [7, 11) is 0. The van der Waals surface area contributed by atoms with Crippen molar-refractivity contribution >= 4 is 34.3 Å². The standard InChI is InChI=1S/C27H22N4O3/c1-16-10-12-17(13-11-16)24-14-20(18-6-2-4-8-22(18)28-24)26(33)30-31-27(34)21-15-25(32)29-23-9-5-3-7-19(21)23/h2-14,21H,15H2,1H3,(H,29,32)(H,30,33)(H,31,34). The molecule has 0 aliphatic carbocycles. The number of amides is 3. The number of hydrazine groups is 1. The lowest BCUT2D eigenvalue weighted by Gasteiger charge is -2.24. The average molecular weight is 450 g/mol. The number of benzene rings is 3. The summed E-state index contributed by atoms with van der Waals surface area (Å²) < 4.78 is 0. The van der Waals surface area contributed by atoms with E-state index >= 15 is 0 Å². The molecule has 1 aromatic heterocycles. The van der Waals surface area contributed by atoms with Gasteiger partial charge in [0, 0.05) is 23.1 Å². The molecule has 0 spiro atoms. The van der Waals surface area contributed by atoms with E-state index in [1.165, 1.54) is 0 Å². The maximum Gasteiger partial charge on any atom is 0.270 e. The first-order valence-electron chi connectivity index (χ1n) is 11.0. The minimum absolute atomic E-state index is 0.00841. The fourth-order valence-corrected chi connectivity index (χ4v) is 4.15. The number of para-hydroxylation sites is 2. The molecule has 34 heavy (non-hydrogen) atoms. The number of aryl methyl sites for hydroxylation is 1. The summed E-state index contributed by atoms with van der Waals surface area (Å²) in [6.45, 7) is 2.01. The molecule has 168 valence electrons. The molecular weight excluding hydrogens is 428 g/mol. The molecule has 2 heterocycles. The minimum atomic E-state index is -0.692. The van der Waals surface area contributed by atoms with Crippen LogP contribution in [0.25, 0.3) is 22.2 Å². The zero-order valence-corrected chi connectivity index (χ0v) is 18.5. The van der Waals surface area contributed by atoms with Crippen LogP contribution >= 0.6 is 0 Å². The molecular formula is C27H22N4O3. The SMILES string of the molecule is Cc1ccc(-c2cc(C(=O)NNC(=O)C3CC(=O)Nc4ccccc43)c3ccccc3n2)cc1. The Morgan fingerprint density at radius 2 is 1.68 bits per heavy atom. The van der Waals surface area contributed by atoms with Gasteiger partial charge in [-0.05, 0) is 30.7 Å². The van der Waals surface area contributed by atoms with E-state index in [-0.39, 0.29) is 12.3 Å². The van der Waals surface area contributed by atoms with E-state index in [4.69, 9.17) is 4.98 Å². The van der Waals surface area contributed by atoms with Crippen LogP contribution < -0.4 is 16.2 Å². The lowest BCUT2D eigenvalue weighted by molar-refractivity contribution is -0.126. The fraction of sp³-hybridized carbons (Fsp3) is 0.111. The van der Waals surface area contributed by atoms with E-state index in [0.29, 0.717) is 33.4 Å². The van der Waals surface area contributed by atoms with Crippen molar-refractivity contribution in [3.8, 4) is 11.3 Å². The molecule has 1 unspecified atom stereocenters. The molecule has 7 nitrogen and oxygen atoms in total. The van der Waals surface area contributed by atoms with E-state index in [0.717, 1.165) is 11.1 Å². The van der Waals surface area contributed by atoms with Crippen LogP contribution in [0.1, 0.15) is 33.8 Å². The summed E-state index contributed by atoms with van der Waals surface area (Å²) in [5.41, 5.74) is 10.1. The normalized spacial score (nSPS) is 14.7. The molecule has 0 radical (unpaired) electrons. The van der Waals surface area contributed by atoms with Crippen molar-refractivity contribution < 1.29 is 14.4 Å². The van der Waals surface area contributed by atoms with Crippen molar-refractivity contribution in [3.05, 3.63) is 95.6 Å². The van der Waals surface area contributed by atoms with Gasteiger partial charge in [-0.25, -0.2) is 4.98 Å². The number of carbonyl (C=O) groups is 3. The van der Waals surface area contributed by atoms with Crippen LogP contribution in [0.4, 0.5) is 5.69 Å². The third-order valence-electron chi connectivity index (χ3n) is 5.92. The minimum Gasteiger partial charge on any atom is -0.326 e. The van der Waals surface area contributed by atoms with Gasteiger partial charge in [0.2, 0.25) is 11.8 Å². The molecule has 3 amide bonds. The van der Waals surface area contributed by atoms with Crippen molar-refractivity contribution in [3.63, 3.8) is 0 Å². The predicted molar refractivity (Wildman–Crippen MR) is 130 cm³/mol. The number of pyridine rings is 1. The lowest BCUT2D eigenvalue weighted by atomic mass is 9.90. The Bertz CT molecular complexity index is 1430. The molecule has 4 aromatic rings. The molecule has 1 aliphatic heterocycles. The fourth-order valence-electron chi connectivity index (χ4n) is 4.15. The topological polar surface area (TPSA) is 100 Å². The second kappa shape index (κ2) is 8.78. The third-order valence-corrected chi connectivity index (χ3v) is 5.92. The number of rotatable bonds is 3. The van der Waals surface area contributed by atoms with Gasteiger partial charge in [0.25, 0.3) is 5.91 Å². The van der Waals surface area contributed by atoms with Crippen molar-refractivity contribution in [2.24, 2.45) is 0 Å². The third kappa shape index (κ3) is 4.11. The van der Waals surface area contributed by atoms with Crippen molar-refractivity contribution in [2.75, 3.05) is 5.32 Å². The highest BCUT2D eigenvalue weighted by atomic mass is 16.2. The van der Waals surface area contributed by atoms with Gasteiger partial charge < -0.3 is 5.32 Å². The molecule has 0 saturated heterocycles. The molecule has 0 bridgehead atoms. The lowest BCUT2D eigenvalue weighted by Crippen LogP contribution is -2.45. The van der Waals surface area contributed by atoms with Crippen LogP contribution in [0.2, 0.25) is 0 Å². The second-order valence-corrected chi connectivity index (χ2v) is 8.27. The van der Waals surface area contributed by atoms with Crippen molar-refractivity contribution in [2.45, 2.75) is 19.3 Å². The summed E-state index contributed by atoms with van der Waals surface area (Å²) in [6, 6.07) is 24.1. The summed E-state index contributed by atoms with van der Waals surface area (Å²) in [4.78, 5) is 42.8. The Hall–Kier alpha value is -4.52. The van der Waals surface area contributed by atoms with Gasteiger partial charge in [0.05, 0.1) is 22.7 Å². The summed E-state index contributed by atoms with van der Waals surface area (Å²) in [5.74, 6) is -1.85. The molecule has 3 aromatic carbocycles. The first kappa shape index (κ1) is 21.3. The second-order valence-electron chi connectivity index (χ2n) is 8.27. The Morgan fingerprint density at radius 3 is 2.50 bits per heavy atom. The van der Waals surface area contributed by atoms with Gasteiger partial charge in [-0.3, -0.25) is 25.2 Å². The van der Waals surface area contributed by atoms with Gasteiger partial charge in [0.1, 0.15) is 0 Å². The van der Waals surface area contributed by atoms with Crippen LogP contribution in [0.15, 0.2) is 78.9 Å². The largest absolute Gasteiger partial charge is 0.326 e.